The van der Waals surface area contributed by atoms with E-state index in [9.17, 15) is 4.79 Å². The molecule has 0 fully saturated rings. The van der Waals surface area contributed by atoms with E-state index in [0.717, 1.165) is 11.1 Å². The van der Waals surface area contributed by atoms with Gasteiger partial charge in [0.05, 0.1) is 12.7 Å². The van der Waals surface area contributed by atoms with Gasteiger partial charge < -0.3 is 4.74 Å². The van der Waals surface area contributed by atoms with Gasteiger partial charge in [-0.2, -0.15) is 5.26 Å². The summed E-state index contributed by atoms with van der Waals surface area (Å²) < 4.78 is 5.13. The van der Waals surface area contributed by atoms with Crippen LogP contribution in [0.4, 0.5) is 0 Å². The molecule has 1 atom stereocenters. The fourth-order valence-electron chi connectivity index (χ4n) is 1.69. The van der Waals surface area contributed by atoms with Crippen molar-refractivity contribution in [1.29, 1.82) is 5.26 Å². The second kappa shape index (κ2) is 6.82. The zero-order valence-electron chi connectivity index (χ0n) is 10.3. The van der Waals surface area contributed by atoms with E-state index in [1.54, 1.807) is 0 Å². The summed E-state index contributed by atoms with van der Waals surface area (Å²) in [5.41, 5.74) is 1.78. The Morgan fingerprint density at radius 3 is 2.76 bits per heavy atom. The molecule has 1 unspecified atom stereocenters. The third kappa shape index (κ3) is 3.69. The molecule has 90 valence electrons. The fraction of sp³-hybridized carbons (Fsp3) is 0.429. The molecule has 0 bridgehead atoms. The van der Waals surface area contributed by atoms with Gasteiger partial charge in [0, 0.05) is 13.0 Å². The molecule has 0 aromatic heterocycles. The van der Waals surface area contributed by atoms with E-state index in [-0.39, 0.29) is 5.78 Å². The van der Waals surface area contributed by atoms with Crippen LogP contribution in [0.1, 0.15) is 30.4 Å². The highest BCUT2D eigenvalue weighted by molar-refractivity contribution is 5.88. The molecule has 3 heteroatoms. The molecule has 0 aliphatic rings. The van der Waals surface area contributed by atoms with Gasteiger partial charge in [-0.05, 0) is 25.0 Å². The molecule has 0 aliphatic carbocycles. The second-order valence-electron chi connectivity index (χ2n) is 3.83. The number of Topliss-reactive ketones (excluding diaryl/α,β-unsaturated/α-hetero) is 1. The van der Waals surface area contributed by atoms with Gasteiger partial charge in [-0.25, -0.2) is 0 Å². The first kappa shape index (κ1) is 13.4. The maximum atomic E-state index is 11.9. The Balaban J connectivity index is 2.76. The lowest BCUT2D eigenvalue weighted by molar-refractivity contribution is -0.120. The average Bonchev–Trinajstić information content (AvgIpc) is 2.33. The van der Waals surface area contributed by atoms with E-state index >= 15 is 0 Å². The highest BCUT2D eigenvalue weighted by Gasteiger charge is 2.20. The number of carbonyl (C=O) groups is 1. The van der Waals surface area contributed by atoms with Crippen molar-refractivity contribution in [3.05, 3.63) is 35.4 Å². The van der Waals surface area contributed by atoms with Gasteiger partial charge in [-0.3, -0.25) is 4.79 Å². The van der Waals surface area contributed by atoms with E-state index in [1.165, 1.54) is 0 Å². The maximum absolute atomic E-state index is 11.9. The average molecular weight is 231 g/mol. The Hall–Kier alpha value is -1.66. The Morgan fingerprint density at radius 2 is 2.18 bits per heavy atom. The fourth-order valence-corrected chi connectivity index (χ4v) is 1.69. The third-order valence-electron chi connectivity index (χ3n) is 2.65. The molecule has 0 amide bonds. The lowest BCUT2D eigenvalue weighted by Gasteiger charge is -2.11. The van der Waals surface area contributed by atoms with Crippen LogP contribution < -0.4 is 0 Å². The summed E-state index contributed by atoms with van der Waals surface area (Å²) in [6.45, 7) is 4.78. The SMILES string of the molecule is CCOCCC(=O)C(C#N)c1ccccc1C. The van der Waals surface area contributed by atoms with E-state index in [0.29, 0.717) is 19.6 Å². The molecular formula is C14H17NO2. The number of ketones is 1. The zero-order chi connectivity index (χ0) is 12.7. The summed E-state index contributed by atoms with van der Waals surface area (Å²) in [6.07, 6.45) is 0.292. The zero-order valence-corrected chi connectivity index (χ0v) is 10.3. The van der Waals surface area contributed by atoms with Gasteiger partial charge in [0.1, 0.15) is 5.92 Å². The molecule has 0 heterocycles. The summed E-state index contributed by atoms with van der Waals surface area (Å²) in [7, 11) is 0. The van der Waals surface area contributed by atoms with Crippen LogP contribution >= 0.6 is 0 Å². The van der Waals surface area contributed by atoms with Crippen LogP contribution in [0.3, 0.4) is 0 Å². The number of carbonyl (C=O) groups excluding carboxylic acids is 1. The molecule has 0 N–H and O–H groups in total. The van der Waals surface area contributed by atoms with E-state index in [2.05, 4.69) is 6.07 Å². The molecule has 3 nitrogen and oxygen atoms in total. The Bertz CT molecular complexity index is 420. The second-order valence-corrected chi connectivity index (χ2v) is 3.83. The number of hydrogen-bond donors (Lipinski definition) is 0. The van der Waals surface area contributed by atoms with Crippen LogP contribution in [0.15, 0.2) is 24.3 Å². The van der Waals surface area contributed by atoms with Crippen LogP contribution in [0.25, 0.3) is 0 Å². The minimum Gasteiger partial charge on any atom is -0.381 e. The van der Waals surface area contributed by atoms with Crippen molar-refractivity contribution in [2.45, 2.75) is 26.2 Å². The van der Waals surface area contributed by atoms with Gasteiger partial charge in [0.25, 0.3) is 0 Å². The van der Waals surface area contributed by atoms with Crippen molar-refractivity contribution in [2.75, 3.05) is 13.2 Å². The molecule has 0 aliphatic heterocycles. The molecular weight excluding hydrogens is 214 g/mol. The quantitative estimate of drug-likeness (QED) is 0.707. The summed E-state index contributed by atoms with van der Waals surface area (Å²) >= 11 is 0. The highest BCUT2D eigenvalue weighted by atomic mass is 16.5. The van der Waals surface area contributed by atoms with Crippen LogP contribution in [0, 0.1) is 18.3 Å². The minimum atomic E-state index is -0.670. The number of aryl methyl sites for hydroxylation is 1. The number of ether oxygens (including phenoxy) is 1. The molecule has 0 saturated carbocycles. The van der Waals surface area contributed by atoms with Crippen molar-refractivity contribution in [3.8, 4) is 6.07 Å². The van der Waals surface area contributed by atoms with Crippen molar-refractivity contribution in [2.24, 2.45) is 0 Å². The molecule has 1 aromatic rings. The van der Waals surface area contributed by atoms with E-state index in [4.69, 9.17) is 10.00 Å². The number of nitrogens with zero attached hydrogens (tertiary/aromatic N) is 1. The number of benzene rings is 1. The molecule has 17 heavy (non-hydrogen) atoms. The predicted octanol–water partition coefficient (Wildman–Crippen LogP) is 2.60. The van der Waals surface area contributed by atoms with Gasteiger partial charge in [0.15, 0.2) is 5.78 Å². The Morgan fingerprint density at radius 1 is 1.47 bits per heavy atom. The normalized spacial score (nSPS) is 11.8. The van der Waals surface area contributed by atoms with E-state index in [1.807, 2.05) is 38.1 Å². The maximum Gasteiger partial charge on any atom is 0.156 e. The van der Waals surface area contributed by atoms with Gasteiger partial charge in [0.2, 0.25) is 0 Å². The molecule has 0 radical (unpaired) electrons. The Labute approximate surface area is 102 Å². The van der Waals surface area contributed by atoms with Crippen molar-refractivity contribution in [1.82, 2.24) is 0 Å². The van der Waals surface area contributed by atoms with Crippen molar-refractivity contribution >= 4 is 5.78 Å². The first-order chi connectivity index (χ1) is 8.20. The number of hydrogen-bond acceptors (Lipinski definition) is 3. The van der Waals surface area contributed by atoms with E-state index < -0.39 is 5.92 Å². The first-order valence-electron chi connectivity index (χ1n) is 5.76. The summed E-state index contributed by atoms with van der Waals surface area (Å²) in [5, 5.41) is 9.12. The van der Waals surface area contributed by atoms with Crippen LogP contribution in [-0.4, -0.2) is 19.0 Å². The topological polar surface area (TPSA) is 50.1 Å². The van der Waals surface area contributed by atoms with Crippen molar-refractivity contribution in [3.63, 3.8) is 0 Å². The highest BCUT2D eigenvalue weighted by Crippen LogP contribution is 2.21. The Kier molecular flexibility index (Phi) is 5.38. The molecule has 1 aromatic carbocycles. The summed E-state index contributed by atoms with van der Waals surface area (Å²) in [6, 6.07) is 9.58. The molecule has 0 saturated heterocycles. The lowest BCUT2D eigenvalue weighted by atomic mass is 9.91. The van der Waals surface area contributed by atoms with Gasteiger partial charge in [-0.1, -0.05) is 24.3 Å². The van der Waals surface area contributed by atoms with Crippen LogP contribution in [-0.2, 0) is 9.53 Å². The third-order valence-corrected chi connectivity index (χ3v) is 2.65. The standard InChI is InChI=1S/C14H17NO2/c1-3-17-9-8-14(16)13(10-15)12-7-5-4-6-11(12)2/h4-7,13H,3,8-9H2,1-2H3. The molecule has 1 rings (SSSR count). The smallest absolute Gasteiger partial charge is 0.156 e. The van der Waals surface area contributed by atoms with Gasteiger partial charge in [-0.15, -0.1) is 0 Å². The largest absolute Gasteiger partial charge is 0.381 e. The van der Waals surface area contributed by atoms with Crippen molar-refractivity contribution < 1.29 is 9.53 Å². The van der Waals surface area contributed by atoms with Crippen LogP contribution in [0.2, 0.25) is 0 Å². The minimum absolute atomic E-state index is 0.0738. The lowest BCUT2D eigenvalue weighted by Crippen LogP contribution is -2.14. The molecule has 0 spiro atoms. The van der Waals surface area contributed by atoms with Crippen LogP contribution in [0.5, 0.6) is 0 Å². The predicted molar refractivity (Wildman–Crippen MR) is 65.7 cm³/mol. The summed E-state index contributed by atoms with van der Waals surface area (Å²) in [5.74, 6) is -0.744. The monoisotopic (exact) mass is 231 g/mol. The number of rotatable bonds is 6. The summed E-state index contributed by atoms with van der Waals surface area (Å²) in [4.78, 5) is 11.9. The first-order valence-corrected chi connectivity index (χ1v) is 5.76. The number of nitriles is 1. The van der Waals surface area contributed by atoms with Gasteiger partial charge >= 0.3 is 0 Å².